The van der Waals surface area contributed by atoms with Crippen LogP contribution in [0.4, 0.5) is 5.13 Å². The van der Waals surface area contributed by atoms with Crippen molar-refractivity contribution < 1.29 is 19.4 Å². The summed E-state index contributed by atoms with van der Waals surface area (Å²) in [5.41, 5.74) is 1.16. The highest BCUT2D eigenvalue weighted by molar-refractivity contribution is 7.13. The number of amides is 1. The van der Waals surface area contributed by atoms with Crippen LogP contribution in [-0.2, 0) is 0 Å². The number of aromatic hydroxyl groups is 1. The SMILES string of the molecule is COc1cc2nccc(Oc3ccc4ccc(C(=O)Nc5nccs5)cc4c3)c2cc1O. The number of hydrogen-bond acceptors (Lipinski definition) is 7. The van der Waals surface area contributed by atoms with Gasteiger partial charge in [0.1, 0.15) is 11.5 Å². The van der Waals surface area contributed by atoms with Crippen LogP contribution in [0.5, 0.6) is 23.0 Å². The second-order valence-corrected chi connectivity index (χ2v) is 7.86. The third kappa shape index (κ3) is 3.79. The lowest BCUT2D eigenvalue weighted by Crippen LogP contribution is -2.11. The number of ether oxygens (including phenoxy) is 2. The minimum absolute atomic E-state index is 0.00671. The first kappa shape index (κ1) is 19.8. The molecule has 2 aromatic heterocycles. The van der Waals surface area contributed by atoms with Gasteiger partial charge in [-0.2, -0.15) is 0 Å². The van der Waals surface area contributed by atoms with E-state index >= 15 is 0 Å². The van der Waals surface area contributed by atoms with E-state index in [9.17, 15) is 9.90 Å². The number of aromatic nitrogens is 2. The van der Waals surface area contributed by atoms with Gasteiger partial charge in [0.2, 0.25) is 0 Å². The topological polar surface area (TPSA) is 93.6 Å². The molecule has 0 fully saturated rings. The van der Waals surface area contributed by atoms with Crippen LogP contribution in [-0.4, -0.2) is 28.1 Å². The van der Waals surface area contributed by atoms with Crippen molar-refractivity contribution in [1.82, 2.24) is 9.97 Å². The molecule has 0 saturated heterocycles. The molecular formula is C24H17N3O4S. The summed E-state index contributed by atoms with van der Waals surface area (Å²) in [7, 11) is 1.49. The van der Waals surface area contributed by atoms with Crippen molar-refractivity contribution in [3.05, 3.63) is 77.9 Å². The predicted octanol–water partition coefficient (Wildman–Crippen LogP) is 5.60. The summed E-state index contributed by atoms with van der Waals surface area (Å²) < 4.78 is 11.3. The van der Waals surface area contributed by atoms with E-state index in [1.165, 1.54) is 18.4 Å². The number of methoxy groups -OCH3 is 1. The Morgan fingerprint density at radius 2 is 1.84 bits per heavy atom. The Balaban J connectivity index is 1.47. The molecule has 0 aliphatic heterocycles. The summed E-state index contributed by atoms with van der Waals surface area (Å²) in [5, 5.41) is 17.8. The van der Waals surface area contributed by atoms with E-state index in [1.807, 2.05) is 30.3 Å². The van der Waals surface area contributed by atoms with Crippen LogP contribution in [0.25, 0.3) is 21.7 Å². The molecule has 0 saturated carbocycles. The van der Waals surface area contributed by atoms with Crippen LogP contribution in [0, 0.1) is 0 Å². The lowest BCUT2D eigenvalue weighted by Gasteiger charge is -2.11. The standard InChI is InChI=1S/C24H17N3O4S/c1-30-22-13-19-18(12-20(22)28)21(6-7-25-19)31-17-5-4-14-2-3-15(10-16(14)11-17)23(29)27-24-26-8-9-32-24/h2-13,28H,1H3,(H,26,27,29). The maximum absolute atomic E-state index is 12.5. The average Bonchev–Trinajstić information content (AvgIpc) is 3.31. The van der Waals surface area contributed by atoms with Gasteiger partial charge in [-0.3, -0.25) is 15.1 Å². The Morgan fingerprint density at radius 1 is 0.969 bits per heavy atom. The van der Waals surface area contributed by atoms with Crippen molar-refractivity contribution in [3.8, 4) is 23.0 Å². The molecule has 0 spiro atoms. The fourth-order valence-corrected chi connectivity index (χ4v) is 3.92. The maximum Gasteiger partial charge on any atom is 0.257 e. The summed E-state index contributed by atoms with van der Waals surface area (Å²) in [6, 6.07) is 16.1. The van der Waals surface area contributed by atoms with Gasteiger partial charge in [-0.1, -0.05) is 12.1 Å². The van der Waals surface area contributed by atoms with Gasteiger partial charge < -0.3 is 14.6 Å². The van der Waals surface area contributed by atoms with E-state index in [4.69, 9.17) is 9.47 Å². The van der Waals surface area contributed by atoms with Gasteiger partial charge in [-0.25, -0.2) is 4.98 Å². The van der Waals surface area contributed by atoms with Crippen LogP contribution in [0.15, 0.2) is 72.4 Å². The normalized spacial score (nSPS) is 10.9. The molecule has 0 bridgehead atoms. The highest BCUT2D eigenvalue weighted by Gasteiger charge is 2.12. The van der Waals surface area contributed by atoms with E-state index in [0.717, 1.165) is 10.8 Å². The third-order valence-electron chi connectivity index (χ3n) is 4.96. The fraction of sp³-hybridized carbons (Fsp3) is 0.0417. The first-order chi connectivity index (χ1) is 15.6. The number of hydrogen-bond donors (Lipinski definition) is 2. The van der Waals surface area contributed by atoms with E-state index < -0.39 is 0 Å². The smallest absolute Gasteiger partial charge is 0.257 e. The summed E-state index contributed by atoms with van der Waals surface area (Å²) in [4.78, 5) is 21.0. The number of thiazole rings is 1. The van der Waals surface area contributed by atoms with Gasteiger partial charge in [-0.05, 0) is 47.2 Å². The van der Waals surface area contributed by atoms with Crippen LogP contribution in [0.1, 0.15) is 10.4 Å². The number of carbonyl (C=O) groups is 1. The number of rotatable bonds is 5. The van der Waals surface area contributed by atoms with Gasteiger partial charge in [0, 0.05) is 34.8 Å². The Bertz CT molecular complexity index is 1450. The quantitative estimate of drug-likeness (QED) is 0.367. The molecule has 0 aliphatic rings. The second-order valence-electron chi connectivity index (χ2n) is 6.97. The van der Waals surface area contributed by atoms with Crippen molar-refractivity contribution >= 4 is 44.1 Å². The monoisotopic (exact) mass is 443 g/mol. The molecule has 158 valence electrons. The van der Waals surface area contributed by atoms with Crippen LogP contribution < -0.4 is 14.8 Å². The van der Waals surface area contributed by atoms with Gasteiger partial charge in [0.15, 0.2) is 16.6 Å². The van der Waals surface area contributed by atoms with Crippen molar-refractivity contribution in [2.45, 2.75) is 0 Å². The van der Waals surface area contributed by atoms with Crippen molar-refractivity contribution in [3.63, 3.8) is 0 Å². The van der Waals surface area contributed by atoms with E-state index in [1.54, 1.807) is 42.0 Å². The zero-order chi connectivity index (χ0) is 22.1. The summed E-state index contributed by atoms with van der Waals surface area (Å²) in [5.74, 6) is 1.27. The van der Waals surface area contributed by atoms with E-state index in [2.05, 4.69) is 15.3 Å². The van der Waals surface area contributed by atoms with Crippen molar-refractivity contribution in [2.75, 3.05) is 12.4 Å². The maximum atomic E-state index is 12.5. The molecule has 2 N–H and O–H groups in total. The highest BCUT2D eigenvalue weighted by atomic mass is 32.1. The molecule has 0 radical (unpaired) electrons. The number of pyridine rings is 1. The number of benzene rings is 3. The number of phenolic OH excluding ortho intramolecular Hbond substituents is 1. The molecule has 1 amide bonds. The van der Waals surface area contributed by atoms with E-state index in [-0.39, 0.29) is 11.7 Å². The molecule has 0 atom stereocenters. The molecule has 5 aromatic rings. The first-order valence-electron chi connectivity index (χ1n) is 9.69. The molecule has 0 aliphatic carbocycles. The first-order valence-corrected chi connectivity index (χ1v) is 10.6. The Kier molecular flexibility index (Phi) is 5.04. The Morgan fingerprint density at radius 3 is 2.66 bits per heavy atom. The summed E-state index contributed by atoms with van der Waals surface area (Å²) >= 11 is 1.36. The number of nitrogens with one attached hydrogen (secondary N) is 1. The lowest BCUT2D eigenvalue weighted by molar-refractivity contribution is 0.102. The average molecular weight is 443 g/mol. The Labute approximate surface area is 186 Å². The molecule has 2 heterocycles. The predicted molar refractivity (Wildman–Crippen MR) is 124 cm³/mol. The highest BCUT2D eigenvalue weighted by Crippen LogP contribution is 2.36. The molecule has 0 unspecified atom stereocenters. The molecule has 8 heteroatoms. The van der Waals surface area contributed by atoms with Crippen molar-refractivity contribution in [1.29, 1.82) is 0 Å². The zero-order valence-corrected chi connectivity index (χ0v) is 17.7. The minimum Gasteiger partial charge on any atom is -0.504 e. The number of carbonyl (C=O) groups excluding carboxylic acids is 1. The largest absolute Gasteiger partial charge is 0.504 e. The molecule has 3 aromatic carbocycles. The molecule has 7 nitrogen and oxygen atoms in total. The Hall–Kier alpha value is -4.17. The van der Waals surface area contributed by atoms with Gasteiger partial charge >= 0.3 is 0 Å². The fourth-order valence-electron chi connectivity index (χ4n) is 3.40. The van der Waals surface area contributed by atoms with Crippen LogP contribution in [0.3, 0.4) is 0 Å². The van der Waals surface area contributed by atoms with E-state index in [0.29, 0.717) is 38.8 Å². The molecule has 5 rings (SSSR count). The summed E-state index contributed by atoms with van der Waals surface area (Å²) in [6.45, 7) is 0. The van der Waals surface area contributed by atoms with Crippen LogP contribution >= 0.6 is 11.3 Å². The molecular weight excluding hydrogens is 426 g/mol. The van der Waals surface area contributed by atoms with Crippen molar-refractivity contribution in [2.24, 2.45) is 0 Å². The van der Waals surface area contributed by atoms with Gasteiger partial charge in [-0.15, -0.1) is 11.3 Å². The number of fused-ring (bicyclic) bond motifs is 2. The minimum atomic E-state index is -0.224. The van der Waals surface area contributed by atoms with Gasteiger partial charge in [0.25, 0.3) is 5.91 Å². The third-order valence-corrected chi connectivity index (χ3v) is 5.65. The number of phenols is 1. The number of anilines is 1. The van der Waals surface area contributed by atoms with Crippen LogP contribution in [0.2, 0.25) is 0 Å². The summed E-state index contributed by atoms with van der Waals surface area (Å²) in [6.07, 6.45) is 3.28. The van der Waals surface area contributed by atoms with Gasteiger partial charge in [0.05, 0.1) is 12.6 Å². The second kappa shape index (κ2) is 8.16. The lowest BCUT2D eigenvalue weighted by atomic mass is 10.1. The molecule has 32 heavy (non-hydrogen) atoms. The number of nitrogens with zero attached hydrogens (tertiary/aromatic N) is 2. The zero-order valence-electron chi connectivity index (χ0n) is 16.9.